The molecule has 0 radical (unpaired) electrons. The van der Waals surface area contributed by atoms with Crippen molar-refractivity contribution in [3.8, 4) is 0 Å². The van der Waals surface area contributed by atoms with E-state index < -0.39 is 76.5 Å². The Hall–Kier alpha value is -5.23. The number of aromatic nitrogens is 2. The summed E-state index contributed by atoms with van der Waals surface area (Å²) in [5.74, 6) is -9.40. The molecule has 3 aromatic rings. The molecule has 1 aromatic carbocycles. The summed E-state index contributed by atoms with van der Waals surface area (Å²) in [7, 11) is 1.28. The number of amides is 5. The summed E-state index contributed by atoms with van der Waals surface area (Å²) in [6, 6.07) is 0.999. The van der Waals surface area contributed by atoms with Crippen LogP contribution >= 0.6 is 0 Å². The minimum atomic E-state index is -5.72. The maximum absolute atomic E-state index is 14.7. The third kappa shape index (κ3) is 6.24. The van der Waals surface area contributed by atoms with Crippen LogP contribution in [0.25, 0.3) is 5.65 Å². The van der Waals surface area contributed by atoms with Crippen molar-refractivity contribution in [2.45, 2.75) is 50.6 Å². The van der Waals surface area contributed by atoms with E-state index in [-0.39, 0.29) is 49.2 Å². The molecule has 0 aliphatic carbocycles. The number of imide groups is 1. The molecule has 2 aromatic heterocycles. The van der Waals surface area contributed by atoms with Crippen LogP contribution in [0, 0.1) is 11.7 Å². The molecule has 2 saturated heterocycles. The number of hydrogen-bond donors (Lipinski definition) is 0. The number of benzene rings is 1. The van der Waals surface area contributed by atoms with E-state index in [9.17, 15) is 54.7 Å². The third-order valence-corrected chi connectivity index (χ3v) is 8.42. The quantitative estimate of drug-likeness (QED) is 0.219. The van der Waals surface area contributed by atoms with Gasteiger partial charge in [-0.15, -0.1) is 0 Å². The molecule has 0 bridgehead atoms. The molecule has 0 N–H and O–H groups in total. The van der Waals surface area contributed by atoms with Gasteiger partial charge < -0.3 is 14.1 Å². The van der Waals surface area contributed by atoms with Crippen molar-refractivity contribution in [3.05, 3.63) is 65.9 Å². The van der Waals surface area contributed by atoms with Crippen LogP contribution in [0.1, 0.15) is 42.6 Å². The van der Waals surface area contributed by atoms with E-state index in [1.165, 1.54) is 32.0 Å². The van der Waals surface area contributed by atoms with Gasteiger partial charge in [-0.1, -0.05) is 13.8 Å². The number of nitrogens with zero attached hydrogens (tertiary/aromatic N) is 6. The first-order valence-corrected chi connectivity index (χ1v) is 14.6. The number of carbonyl (C=O) groups is 5. The monoisotopic (exact) mass is 700 g/mol. The molecule has 4 heterocycles. The normalized spacial score (nSPS) is 17.3. The number of likely N-dealkylation sites (N-methyl/N-ethyl adjacent to an activating group) is 1. The van der Waals surface area contributed by atoms with Crippen LogP contribution < -0.4 is 4.90 Å². The fourth-order valence-corrected chi connectivity index (χ4v) is 5.95. The zero-order valence-electron chi connectivity index (χ0n) is 25.9. The van der Waals surface area contributed by atoms with Gasteiger partial charge >= 0.3 is 24.4 Å². The molecule has 262 valence electrons. The summed E-state index contributed by atoms with van der Waals surface area (Å²) in [6.45, 7) is 1.90. The highest BCUT2D eigenvalue weighted by molar-refractivity contribution is 6.16. The molecule has 1 atom stereocenters. The first kappa shape index (κ1) is 35.1. The lowest BCUT2D eigenvalue weighted by atomic mass is 9.85. The minimum absolute atomic E-state index is 0.0214. The highest BCUT2D eigenvalue weighted by atomic mass is 19.4. The van der Waals surface area contributed by atoms with Gasteiger partial charge in [0.05, 0.1) is 16.8 Å². The van der Waals surface area contributed by atoms with Gasteiger partial charge in [0.2, 0.25) is 5.91 Å². The molecular weight excluding hydrogens is 673 g/mol. The van der Waals surface area contributed by atoms with Gasteiger partial charge in [0.25, 0.3) is 11.8 Å². The summed E-state index contributed by atoms with van der Waals surface area (Å²) in [5, 5.41) is -0.365. The molecule has 5 amide bonds. The van der Waals surface area contributed by atoms with Crippen molar-refractivity contribution in [2.24, 2.45) is 5.92 Å². The average Bonchev–Trinajstić information content (AvgIpc) is 3.56. The number of likely N-dealkylation sites (tertiary alicyclic amines) is 1. The highest BCUT2D eigenvalue weighted by Crippen LogP contribution is 2.41. The SMILES string of the molecule is CC(C)[C@H](C(=O)N1CCC2(CC1)C(=O)N(C)C(=O)N2c1ccc2nccn2c1)N(OC(=O)C(F)(F)F)C(=O)c1cc(C(F)(F)F)ccc1F. The first-order chi connectivity index (χ1) is 22.8. The highest BCUT2D eigenvalue weighted by Gasteiger charge is 2.58. The number of hydroxylamine groups is 2. The fourth-order valence-electron chi connectivity index (χ4n) is 5.95. The minimum Gasteiger partial charge on any atom is -0.341 e. The Labute approximate surface area is 272 Å². The zero-order chi connectivity index (χ0) is 36.2. The van der Waals surface area contributed by atoms with Crippen LogP contribution in [-0.2, 0) is 25.4 Å². The Morgan fingerprint density at radius 1 is 1.00 bits per heavy atom. The maximum atomic E-state index is 14.7. The van der Waals surface area contributed by atoms with Crippen molar-refractivity contribution in [1.29, 1.82) is 0 Å². The van der Waals surface area contributed by atoms with Crippen LogP contribution in [0.4, 0.5) is 41.2 Å². The average molecular weight is 701 g/mol. The van der Waals surface area contributed by atoms with E-state index in [0.29, 0.717) is 11.3 Å². The van der Waals surface area contributed by atoms with Gasteiger partial charge in [-0.2, -0.15) is 31.4 Å². The van der Waals surface area contributed by atoms with E-state index in [1.54, 1.807) is 28.9 Å². The summed E-state index contributed by atoms with van der Waals surface area (Å²) < 4.78 is 96.4. The largest absolute Gasteiger partial charge is 0.493 e. The predicted molar refractivity (Wildman–Crippen MR) is 153 cm³/mol. The van der Waals surface area contributed by atoms with Crippen molar-refractivity contribution in [3.63, 3.8) is 0 Å². The summed E-state index contributed by atoms with van der Waals surface area (Å²) >= 11 is 0. The zero-order valence-corrected chi connectivity index (χ0v) is 25.9. The van der Waals surface area contributed by atoms with Crippen LogP contribution in [0.15, 0.2) is 48.9 Å². The smallest absolute Gasteiger partial charge is 0.341 e. The number of imidazole rings is 1. The van der Waals surface area contributed by atoms with Gasteiger partial charge in [-0.25, -0.2) is 19.0 Å². The molecular formula is C30H27F7N6O6. The van der Waals surface area contributed by atoms with E-state index in [1.807, 2.05) is 0 Å². The molecule has 2 aliphatic rings. The number of anilines is 1. The second kappa shape index (κ2) is 12.3. The van der Waals surface area contributed by atoms with E-state index in [0.717, 1.165) is 9.80 Å². The van der Waals surface area contributed by atoms with Gasteiger partial charge in [-0.3, -0.25) is 24.2 Å². The number of hydrogen-bond acceptors (Lipinski definition) is 7. The van der Waals surface area contributed by atoms with E-state index in [4.69, 9.17) is 0 Å². The van der Waals surface area contributed by atoms with Crippen LogP contribution in [-0.4, -0.2) is 91.9 Å². The van der Waals surface area contributed by atoms with Gasteiger partial charge in [-0.05, 0) is 49.1 Å². The molecule has 2 aliphatic heterocycles. The van der Waals surface area contributed by atoms with Crippen molar-refractivity contribution in [2.75, 3.05) is 25.0 Å². The lowest BCUT2D eigenvalue weighted by molar-refractivity contribution is -0.236. The molecule has 12 nitrogen and oxygen atoms in total. The molecule has 0 saturated carbocycles. The predicted octanol–water partition coefficient (Wildman–Crippen LogP) is 4.44. The van der Waals surface area contributed by atoms with Gasteiger partial charge in [0, 0.05) is 38.7 Å². The molecule has 19 heteroatoms. The van der Waals surface area contributed by atoms with Crippen LogP contribution in [0.2, 0.25) is 0 Å². The summed E-state index contributed by atoms with van der Waals surface area (Å²) in [5.41, 5.74) is -3.56. The molecule has 5 rings (SSSR count). The van der Waals surface area contributed by atoms with Crippen molar-refractivity contribution in [1.82, 2.24) is 24.2 Å². The van der Waals surface area contributed by atoms with Crippen molar-refractivity contribution < 1.29 is 59.5 Å². The van der Waals surface area contributed by atoms with Crippen LogP contribution in [0.3, 0.4) is 0 Å². The first-order valence-electron chi connectivity index (χ1n) is 14.6. The maximum Gasteiger partial charge on any atom is 0.493 e. The molecule has 1 spiro atoms. The lowest BCUT2D eigenvalue weighted by Gasteiger charge is -2.43. The van der Waals surface area contributed by atoms with Gasteiger partial charge in [0.1, 0.15) is 17.0 Å². The fraction of sp³-hybridized carbons (Fsp3) is 0.400. The van der Waals surface area contributed by atoms with E-state index in [2.05, 4.69) is 9.82 Å². The number of halogens is 7. The van der Waals surface area contributed by atoms with Crippen molar-refractivity contribution >= 4 is 41.1 Å². The number of alkyl halides is 6. The summed E-state index contributed by atoms with van der Waals surface area (Å²) in [4.78, 5) is 77.8. The second-order valence-corrected chi connectivity index (χ2v) is 11.8. The number of fused-ring (bicyclic) bond motifs is 1. The second-order valence-electron chi connectivity index (χ2n) is 11.8. The Balaban J connectivity index is 1.47. The lowest BCUT2D eigenvalue weighted by Crippen LogP contribution is -2.61. The number of rotatable bonds is 5. The third-order valence-electron chi connectivity index (χ3n) is 8.42. The molecule has 0 unspecified atom stereocenters. The Bertz CT molecular complexity index is 1830. The Morgan fingerprint density at radius 3 is 2.24 bits per heavy atom. The number of pyridine rings is 1. The number of urea groups is 1. The number of piperidine rings is 1. The Kier molecular flexibility index (Phi) is 8.83. The summed E-state index contributed by atoms with van der Waals surface area (Å²) in [6.07, 6.45) is -6.47. The van der Waals surface area contributed by atoms with E-state index >= 15 is 0 Å². The van der Waals surface area contributed by atoms with Gasteiger partial charge in [0.15, 0.2) is 6.04 Å². The topological polar surface area (TPSA) is 125 Å². The standard InChI is InChI=1S/C30H27F7N6O6/c1-16(2)22(43(49-26(47)30(35,36)37)23(44)19-14-17(29(32,33)34)4-6-20(19)31)24(45)40-11-8-28(9-12-40)25(46)39(3)27(48)42(28)18-5-7-21-38-10-13-41(21)15-18/h4-7,10,13-16,22H,8-9,11-12H2,1-3H3/t22-/m1/s1. The van der Waals surface area contributed by atoms with Crippen LogP contribution in [0.5, 0.6) is 0 Å². The molecule has 49 heavy (non-hydrogen) atoms. The Morgan fingerprint density at radius 2 is 1.65 bits per heavy atom. The number of carbonyl (C=O) groups excluding carboxylic acids is 5. The molecule has 2 fully saturated rings.